The Bertz CT molecular complexity index is 626. The molecule has 0 aromatic carbocycles. The smallest absolute Gasteiger partial charge is 0.331 e. The van der Waals surface area contributed by atoms with Gasteiger partial charge in [0, 0.05) is 19.3 Å². The van der Waals surface area contributed by atoms with E-state index >= 15 is 0 Å². The number of aliphatic carboxylic acids is 1. The molecule has 0 spiro atoms. The van der Waals surface area contributed by atoms with Gasteiger partial charge in [0.05, 0.1) is 0 Å². The molecule has 0 saturated carbocycles. The van der Waals surface area contributed by atoms with Crippen molar-refractivity contribution in [3.63, 3.8) is 0 Å². The summed E-state index contributed by atoms with van der Waals surface area (Å²) in [5.41, 5.74) is -2.55. The number of amides is 1. The van der Waals surface area contributed by atoms with E-state index in [1.807, 2.05) is 0 Å². The molecule has 19 heavy (non-hydrogen) atoms. The molecule has 0 aliphatic carbocycles. The van der Waals surface area contributed by atoms with Gasteiger partial charge in [-0.05, 0) is 13.8 Å². The average molecular weight is 269 g/mol. The molecule has 0 fully saturated rings. The Kier molecular flexibility index (Phi) is 3.93. The number of aromatic nitrogens is 2. The summed E-state index contributed by atoms with van der Waals surface area (Å²) in [5, 5.41) is 11.1. The molecule has 1 amide bonds. The van der Waals surface area contributed by atoms with Crippen LogP contribution in [-0.2, 0) is 23.2 Å². The number of rotatable bonds is 4. The predicted octanol–water partition coefficient (Wildman–Crippen LogP) is -1.47. The number of carbonyl (C=O) groups is 2. The lowest BCUT2D eigenvalue weighted by Gasteiger charge is -2.21. The summed E-state index contributed by atoms with van der Waals surface area (Å²) in [6.45, 7) is 2.30. The van der Waals surface area contributed by atoms with Crippen LogP contribution in [0.15, 0.2) is 21.9 Å². The Hall–Kier alpha value is -2.38. The van der Waals surface area contributed by atoms with Crippen LogP contribution in [0.1, 0.15) is 13.8 Å². The van der Waals surface area contributed by atoms with Crippen LogP contribution in [0.2, 0.25) is 0 Å². The zero-order valence-electron chi connectivity index (χ0n) is 10.8. The van der Waals surface area contributed by atoms with E-state index < -0.39 is 28.7 Å². The molecule has 1 aromatic heterocycles. The Morgan fingerprint density at radius 2 is 1.95 bits per heavy atom. The van der Waals surface area contributed by atoms with Gasteiger partial charge >= 0.3 is 11.7 Å². The number of hydrogen-bond donors (Lipinski definition) is 2. The van der Waals surface area contributed by atoms with E-state index in [9.17, 15) is 19.2 Å². The van der Waals surface area contributed by atoms with Crippen molar-refractivity contribution >= 4 is 11.9 Å². The minimum atomic E-state index is -1.43. The fourth-order valence-corrected chi connectivity index (χ4v) is 1.33. The molecule has 104 valence electrons. The first kappa shape index (κ1) is 14.7. The third-order valence-corrected chi connectivity index (χ3v) is 2.56. The molecular formula is C11H15N3O5. The maximum Gasteiger partial charge on any atom is 0.331 e. The van der Waals surface area contributed by atoms with Gasteiger partial charge in [-0.1, -0.05) is 0 Å². The minimum absolute atomic E-state index is 0.357. The van der Waals surface area contributed by atoms with Crippen molar-refractivity contribution in [2.24, 2.45) is 7.05 Å². The van der Waals surface area contributed by atoms with Gasteiger partial charge in [-0.15, -0.1) is 0 Å². The second-order valence-electron chi connectivity index (χ2n) is 4.60. The van der Waals surface area contributed by atoms with Crippen molar-refractivity contribution in [2.45, 2.75) is 25.9 Å². The topological polar surface area (TPSA) is 110 Å². The van der Waals surface area contributed by atoms with E-state index in [1.165, 1.54) is 27.1 Å². The molecule has 0 aliphatic heterocycles. The molecule has 1 heterocycles. The highest BCUT2D eigenvalue weighted by Gasteiger charge is 2.28. The van der Waals surface area contributed by atoms with Gasteiger partial charge in [0.15, 0.2) is 0 Å². The molecular weight excluding hydrogens is 254 g/mol. The van der Waals surface area contributed by atoms with Crippen molar-refractivity contribution in [1.82, 2.24) is 14.5 Å². The van der Waals surface area contributed by atoms with Crippen LogP contribution in [0.25, 0.3) is 0 Å². The largest absolute Gasteiger partial charge is 0.480 e. The van der Waals surface area contributed by atoms with Crippen LogP contribution in [0, 0.1) is 0 Å². The molecule has 0 radical (unpaired) electrons. The van der Waals surface area contributed by atoms with E-state index in [0.29, 0.717) is 0 Å². The number of nitrogens with zero attached hydrogens (tertiary/aromatic N) is 2. The molecule has 8 nitrogen and oxygen atoms in total. The summed E-state index contributed by atoms with van der Waals surface area (Å²) < 4.78 is 1.88. The zero-order valence-corrected chi connectivity index (χ0v) is 10.8. The molecule has 0 aliphatic rings. The fourth-order valence-electron chi connectivity index (χ4n) is 1.33. The molecule has 0 bridgehead atoms. The average Bonchev–Trinajstić information content (AvgIpc) is 2.29. The van der Waals surface area contributed by atoms with E-state index in [1.54, 1.807) is 0 Å². The number of hydrogen-bond acceptors (Lipinski definition) is 4. The molecule has 1 rings (SSSR count). The second-order valence-corrected chi connectivity index (χ2v) is 4.60. The van der Waals surface area contributed by atoms with Gasteiger partial charge in [0.25, 0.3) is 5.56 Å². The summed E-state index contributed by atoms with van der Waals surface area (Å²) in [7, 11) is 1.29. The van der Waals surface area contributed by atoms with Gasteiger partial charge in [-0.2, -0.15) is 0 Å². The summed E-state index contributed by atoms with van der Waals surface area (Å²) in [6.07, 6.45) is 1.19. The van der Waals surface area contributed by atoms with Gasteiger partial charge in [-0.3, -0.25) is 18.7 Å². The number of nitrogens with one attached hydrogen (secondary N) is 1. The van der Waals surface area contributed by atoms with Crippen molar-refractivity contribution in [3.8, 4) is 0 Å². The first-order chi connectivity index (χ1) is 8.65. The number of carbonyl (C=O) groups excluding carboxylic acids is 1. The standard InChI is InChI=1S/C11H15N3O5/c1-11(2,9(17)18)12-7(15)6-14-5-4-8(16)13(3)10(14)19/h4-5H,6H2,1-3H3,(H,12,15)(H,17,18). The molecule has 8 heteroatoms. The first-order valence-corrected chi connectivity index (χ1v) is 5.46. The van der Waals surface area contributed by atoms with E-state index in [2.05, 4.69) is 5.32 Å². The van der Waals surface area contributed by atoms with Crippen LogP contribution in [0.3, 0.4) is 0 Å². The number of carboxylic acid groups (broad SMARTS) is 1. The quantitative estimate of drug-likeness (QED) is 0.693. The van der Waals surface area contributed by atoms with Gasteiger partial charge < -0.3 is 10.4 Å². The van der Waals surface area contributed by atoms with Crippen LogP contribution in [0.5, 0.6) is 0 Å². The van der Waals surface area contributed by atoms with E-state index in [0.717, 1.165) is 15.2 Å². The Morgan fingerprint density at radius 1 is 1.37 bits per heavy atom. The summed E-state index contributed by atoms with van der Waals surface area (Å²) in [5.74, 6) is -1.82. The van der Waals surface area contributed by atoms with Gasteiger partial charge in [-0.25, -0.2) is 9.59 Å². The lowest BCUT2D eigenvalue weighted by molar-refractivity contribution is -0.146. The Balaban J connectivity index is 2.91. The second kappa shape index (κ2) is 5.09. The maximum atomic E-state index is 11.7. The summed E-state index contributed by atoms with van der Waals surface area (Å²) in [4.78, 5) is 45.3. The highest BCUT2D eigenvalue weighted by molar-refractivity contribution is 5.86. The molecule has 0 saturated heterocycles. The summed E-state index contributed by atoms with van der Waals surface area (Å²) in [6, 6.07) is 1.15. The minimum Gasteiger partial charge on any atom is -0.480 e. The lowest BCUT2D eigenvalue weighted by atomic mass is 10.1. The van der Waals surface area contributed by atoms with Crippen LogP contribution in [0.4, 0.5) is 0 Å². The zero-order chi connectivity index (χ0) is 14.8. The van der Waals surface area contributed by atoms with Crippen molar-refractivity contribution in [2.75, 3.05) is 0 Å². The molecule has 0 atom stereocenters. The van der Waals surface area contributed by atoms with Crippen LogP contribution < -0.4 is 16.6 Å². The third kappa shape index (κ3) is 3.30. The monoisotopic (exact) mass is 269 g/mol. The van der Waals surface area contributed by atoms with E-state index in [-0.39, 0.29) is 6.54 Å². The fraction of sp³-hybridized carbons (Fsp3) is 0.455. The molecule has 1 aromatic rings. The number of carboxylic acids is 1. The highest BCUT2D eigenvalue weighted by Crippen LogP contribution is 2.01. The Labute approximate surface area is 108 Å². The SMILES string of the molecule is Cn1c(=O)ccn(CC(=O)NC(C)(C)C(=O)O)c1=O. The highest BCUT2D eigenvalue weighted by atomic mass is 16.4. The van der Waals surface area contributed by atoms with Crippen molar-refractivity contribution < 1.29 is 14.7 Å². The van der Waals surface area contributed by atoms with Gasteiger partial charge in [0.2, 0.25) is 5.91 Å². The third-order valence-electron chi connectivity index (χ3n) is 2.56. The van der Waals surface area contributed by atoms with Crippen LogP contribution in [-0.4, -0.2) is 31.7 Å². The first-order valence-electron chi connectivity index (χ1n) is 5.46. The van der Waals surface area contributed by atoms with Crippen LogP contribution >= 0.6 is 0 Å². The van der Waals surface area contributed by atoms with Crippen molar-refractivity contribution in [1.29, 1.82) is 0 Å². The molecule has 0 unspecified atom stereocenters. The normalized spacial score (nSPS) is 11.1. The predicted molar refractivity (Wildman–Crippen MR) is 65.8 cm³/mol. The Morgan fingerprint density at radius 3 is 2.47 bits per heavy atom. The summed E-state index contributed by atoms with van der Waals surface area (Å²) >= 11 is 0. The van der Waals surface area contributed by atoms with Crippen molar-refractivity contribution in [3.05, 3.63) is 33.1 Å². The maximum absolute atomic E-state index is 11.7. The van der Waals surface area contributed by atoms with E-state index in [4.69, 9.17) is 5.11 Å². The van der Waals surface area contributed by atoms with Gasteiger partial charge in [0.1, 0.15) is 12.1 Å². The lowest BCUT2D eigenvalue weighted by Crippen LogP contribution is -2.51. The molecule has 2 N–H and O–H groups in total.